The zero-order valence-corrected chi connectivity index (χ0v) is 9.32. The van der Waals surface area contributed by atoms with E-state index >= 15 is 0 Å². The molecule has 1 rings (SSSR count). The Labute approximate surface area is 85.8 Å². The molecule has 1 aliphatic heterocycles. The summed E-state index contributed by atoms with van der Waals surface area (Å²) in [5.74, 6) is 0.310. The predicted molar refractivity (Wildman–Crippen MR) is 57.5 cm³/mol. The molecule has 1 heterocycles. The topological polar surface area (TPSA) is 61.9 Å². The summed E-state index contributed by atoms with van der Waals surface area (Å²) in [7, 11) is 0. The van der Waals surface area contributed by atoms with Crippen LogP contribution in [-0.2, 0) is 0 Å². The van der Waals surface area contributed by atoms with Gasteiger partial charge in [-0.3, -0.25) is 4.90 Å². The van der Waals surface area contributed by atoms with E-state index in [1.54, 1.807) is 0 Å². The standard InChI is InChI=1S/C10H21N3O/c1-8(9(11)12-14)13-6-4-10(2,3)5-7-13/h8,14H,4-7H2,1-3H3,(H2,11,12). The van der Waals surface area contributed by atoms with Crippen LogP contribution >= 0.6 is 0 Å². The molecular formula is C10H21N3O. The largest absolute Gasteiger partial charge is 0.409 e. The van der Waals surface area contributed by atoms with Crippen LogP contribution in [0.3, 0.4) is 0 Å². The van der Waals surface area contributed by atoms with Crippen molar-refractivity contribution in [2.75, 3.05) is 13.1 Å². The molecule has 1 saturated heterocycles. The Morgan fingerprint density at radius 2 is 1.93 bits per heavy atom. The van der Waals surface area contributed by atoms with Gasteiger partial charge < -0.3 is 10.9 Å². The van der Waals surface area contributed by atoms with Gasteiger partial charge in [0, 0.05) is 0 Å². The highest BCUT2D eigenvalue weighted by Gasteiger charge is 2.28. The number of oxime groups is 1. The molecule has 1 fully saturated rings. The number of likely N-dealkylation sites (tertiary alicyclic amines) is 1. The van der Waals surface area contributed by atoms with E-state index in [4.69, 9.17) is 10.9 Å². The maximum absolute atomic E-state index is 8.57. The number of hydrogen-bond acceptors (Lipinski definition) is 3. The minimum atomic E-state index is 0.0519. The van der Waals surface area contributed by atoms with Crippen LogP contribution < -0.4 is 5.73 Å². The van der Waals surface area contributed by atoms with Crippen LogP contribution in [0.2, 0.25) is 0 Å². The van der Waals surface area contributed by atoms with E-state index in [9.17, 15) is 0 Å². The van der Waals surface area contributed by atoms with Crippen LogP contribution in [0.25, 0.3) is 0 Å². The molecule has 0 aromatic heterocycles. The van der Waals surface area contributed by atoms with E-state index < -0.39 is 0 Å². The number of hydrogen-bond donors (Lipinski definition) is 2. The lowest BCUT2D eigenvalue weighted by molar-refractivity contribution is 0.120. The van der Waals surface area contributed by atoms with Crippen molar-refractivity contribution in [2.24, 2.45) is 16.3 Å². The SMILES string of the molecule is CC(C(N)=NO)N1CCC(C)(C)CC1. The summed E-state index contributed by atoms with van der Waals surface area (Å²) < 4.78 is 0. The first-order valence-corrected chi connectivity index (χ1v) is 5.18. The zero-order valence-electron chi connectivity index (χ0n) is 9.32. The van der Waals surface area contributed by atoms with E-state index in [1.807, 2.05) is 6.92 Å². The quantitative estimate of drug-likeness (QED) is 0.304. The Kier molecular flexibility index (Phi) is 3.37. The van der Waals surface area contributed by atoms with Gasteiger partial charge in [-0.25, -0.2) is 0 Å². The highest BCUT2D eigenvalue weighted by molar-refractivity contribution is 5.84. The Hall–Kier alpha value is -0.770. The van der Waals surface area contributed by atoms with Gasteiger partial charge in [0.2, 0.25) is 0 Å². The lowest BCUT2D eigenvalue weighted by Crippen LogP contribution is -2.48. The zero-order chi connectivity index (χ0) is 10.8. The molecule has 0 radical (unpaired) electrons. The van der Waals surface area contributed by atoms with Gasteiger partial charge in [-0.05, 0) is 38.3 Å². The molecule has 4 heteroatoms. The van der Waals surface area contributed by atoms with Crippen molar-refractivity contribution in [3.63, 3.8) is 0 Å². The Morgan fingerprint density at radius 3 is 2.36 bits per heavy atom. The molecule has 82 valence electrons. The summed E-state index contributed by atoms with van der Waals surface area (Å²) in [6.07, 6.45) is 2.35. The van der Waals surface area contributed by atoms with Gasteiger partial charge in [-0.1, -0.05) is 19.0 Å². The summed E-state index contributed by atoms with van der Waals surface area (Å²) in [4.78, 5) is 2.26. The first-order valence-electron chi connectivity index (χ1n) is 5.18. The van der Waals surface area contributed by atoms with Gasteiger partial charge >= 0.3 is 0 Å². The highest BCUT2D eigenvalue weighted by atomic mass is 16.4. The minimum absolute atomic E-state index is 0.0519. The van der Waals surface area contributed by atoms with Crippen molar-refractivity contribution in [3.05, 3.63) is 0 Å². The lowest BCUT2D eigenvalue weighted by Gasteiger charge is -2.39. The average molecular weight is 199 g/mol. The molecule has 1 aliphatic rings. The number of amidine groups is 1. The average Bonchev–Trinajstić information content (AvgIpc) is 2.15. The van der Waals surface area contributed by atoms with E-state index in [2.05, 4.69) is 23.9 Å². The van der Waals surface area contributed by atoms with Gasteiger partial charge in [0.05, 0.1) is 6.04 Å². The summed E-state index contributed by atoms with van der Waals surface area (Å²) in [5.41, 5.74) is 6.02. The number of nitrogens with two attached hydrogens (primary N) is 1. The van der Waals surface area contributed by atoms with Crippen LogP contribution in [0.15, 0.2) is 5.16 Å². The van der Waals surface area contributed by atoms with Crippen molar-refractivity contribution in [1.29, 1.82) is 0 Å². The van der Waals surface area contributed by atoms with Crippen molar-refractivity contribution in [2.45, 2.75) is 39.7 Å². The molecule has 1 atom stereocenters. The number of piperidine rings is 1. The molecule has 1 unspecified atom stereocenters. The number of nitrogens with zero attached hydrogens (tertiary/aromatic N) is 2. The molecule has 0 saturated carbocycles. The Morgan fingerprint density at radius 1 is 1.43 bits per heavy atom. The molecular weight excluding hydrogens is 178 g/mol. The van der Waals surface area contributed by atoms with Gasteiger partial charge in [0.1, 0.15) is 0 Å². The van der Waals surface area contributed by atoms with Crippen LogP contribution in [0, 0.1) is 5.41 Å². The first kappa shape index (κ1) is 11.3. The molecule has 0 bridgehead atoms. The second kappa shape index (κ2) is 4.17. The fraction of sp³-hybridized carbons (Fsp3) is 0.900. The minimum Gasteiger partial charge on any atom is -0.409 e. The normalized spacial score (nSPS) is 26.1. The summed E-state index contributed by atoms with van der Waals surface area (Å²) in [6.45, 7) is 8.62. The smallest absolute Gasteiger partial charge is 0.156 e. The van der Waals surface area contributed by atoms with Crippen molar-refractivity contribution in [3.8, 4) is 0 Å². The molecule has 3 N–H and O–H groups in total. The first-order chi connectivity index (χ1) is 6.46. The third-order valence-corrected chi connectivity index (χ3v) is 3.24. The molecule has 0 aromatic carbocycles. The third kappa shape index (κ3) is 2.61. The molecule has 4 nitrogen and oxygen atoms in total. The van der Waals surface area contributed by atoms with Crippen molar-refractivity contribution < 1.29 is 5.21 Å². The van der Waals surface area contributed by atoms with Crippen LogP contribution in [0.4, 0.5) is 0 Å². The molecule has 14 heavy (non-hydrogen) atoms. The lowest BCUT2D eigenvalue weighted by atomic mass is 9.82. The second-order valence-electron chi connectivity index (χ2n) is 4.90. The third-order valence-electron chi connectivity index (χ3n) is 3.24. The molecule has 0 spiro atoms. The van der Waals surface area contributed by atoms with Crippen molar-refractivity contribution in [1.82, 2.24) is 4.90 Å². The van der Waals surface area contributed by atoms with Crippen LogP contribution in [0.1, 0.15) is 33.6 Å². The summed E-state index contributed by atoms with van der Waals surface area (Å²) in [5, 5.41) is 11.6. The van der Waals surface area contributed by atoms with E-state index in [0.717, 1.165) is 13.1 Å². The van der Waals surface area contributed by atoms with Gasteiger partial charge in [-0.15, -0.1) is 0 Å². The predicted octanol–water partition coefficient (Wildman–Crippen LogP) is 1.24. The number of rotatable bonds is 2. The maximum atomic E-state index is 8.57. The van der Waals surface area contributed by atoms with Gasteiger partial charge in [-0.2, -0.15) is 0 Å². The van der Waals surface area contributed by atoms with Crippen LogP contribution in [-0.4, -0.2) is 35.1 Å². The summed E-state index contributed by atoms with van der Waals surface area (Å²) >= 11 is 0. The van der Waals surface area contributed by atoms with E-state index in [1.165, 1.54) is 12.8 Å². The molecule has 0 aliphatic carbocycles. The van der Waals surface area contributed by atoms with Crippen LogP contribution in [0.5, 0.6) is 0 Å². The Balaban J connectivity index is 2.50. The fourth-order valence-electron chi connectivity index (χ4n) is 1.79. The highest BCUT2D eigenvalue weighted by Crippen LogP contribution is 2.30. The second-order valence-corrected chi connectivity index (χ2v) is 4.90. The fourth-order valence-corrected chi connectivity index (χ4v) is 1.79. The van der Waals surface area contributed by atoms with Gasteiger partial charge in [0.25, 0.3) is 0 Å². The summed E-state index contributed by atoms with van der Waals surface area (Å²) in [6, 6.07) is 0.0519. The van der Waals surface area contributed by atoms with Gasteiger partial charge in [0.15, 0.2) is 5.84 Å². The Bertz CT molecular complexity index is 215. The monoisotopic (exact) mass is 199 g/mol. The van der Waals surface area contributed by atoms with Crippen molar-refractivity contribution >= 4 is 5.84 Å². The maximum Gasteiger partial charge on any atom is 0.156 e. The van der Waals surface area contributed by atoms with E-state index in [0.29, 0.717) is 11.3 Å². The molecule has 0 aromatic rings. The van der Waals surface area contributed by atoms with E-state index in [-0.39, 0.29) is 6.04 Å². The molecule has 0 amide bonds.